The lowest BCUT2D eigenvalue weighted by atomic mass is 10.3. The monoisotopic (exact) mass is 251 g/mol. The second-order valence-corrected chi connectivity index (χ2v) is 3.83. The topological polar surface area (TPSA) is 90.5 Å². The highest BCUT2D eigenvalue weighted by atomic mass is 16.3. The molecule has 0 bridgehead atoms. The molecule has 3 amide bonds. The molecule has 1 rings (SSSR count). The van der Waals surface area contributed by atoms with Crippen molar-refractivity contribution in [2.75, 3.05) is 18.4 Å². The highest BCUT2D eigenvalue weighted by molar-refractivity contribution is 5.92. The fraction of sp³-hybridized carbons (Fsp3) is 0.333. The summed E-state index contributed by atoms with van der Waals surface area (Å²) in [6.07, 6.45) is -0.605. The molecule has 98 valence electrons. The maximum absolute atomic E-state index is 11.4. The van der Waals surface area contributed by atoms with Gasteiger partial charge in [0, 0.05) is 12.2 Å². The number of para-hydroxylation sites is 1. The van der Waals surface area contributed by atoms with Crippen molar-refractivity contribution in [1.29, 1.82) is 0 Å². The van der Waals surface area contributed by atoms with E-state index in [1.54, 1.807) is 31.2 Å². The molecule has 18 heavy (non-hydrogen) atoms. The van der Waals surface area contributed by atoms with E-state index in [2.05, 4.69) is 16.0 Å². The third-order valence-corrected chi connectivity index (χ3v) is 2.04. The summed E-state index contributed by atoms with van der Waals surface area (Å²) in [4.78, 5) is 22.6. The van der Waals surface area contributed by atoms with Crippen molar-refractivity contribution in [3.05, 3.63) is 30.3 Å². The van der Waals surface area contributed by atoms with Crippen molar-refractivity contribution in [3.8, 4) is 0 Å². The Hall–Kier alpha value is -2.08. The van der Waals surface area contributed by atoms with E-state index >= 15 is 0 Å². The molecule has 0 aliphatic carbocycles. The van der Waals surface area contributed by atoms with Gasteiger partial charge >= 0.3 is 6.03 Å². The number of rotatable bonds is 5. The van der Waals surface area contributed by atoms with E-state index < -0.39 is 12.1 Å². The molecule has 1 aromatic carbocycles. The van der Waals surface area contributed by atoms with Crippen LogP contribution in [0.1, 0.15) is 6.92 Å². The van der Waals surface area contributed by atoms with Crippen LogP contribution in [-0.4, -0.2) is 36.2 Å². The molecule has 0 radical (unpaired) electrons. The summed E-state index contributed by atoms with van der Waals surface area (Å²) in [5.41, 5.74) is 0.652. The van der Waals surface area contributed by atoms with Gasteiger partial charge in [-0.15, -0.1) is 0 Å². The number of nitrogens with one attached hydrogen (secondary N) is 3. The SMILES string of the molecule is C[C@@H](O)CNC(=O)CNC(=O)Nc1ccccc1. The predicted molar refractivity (Wildman–Crippen MR) is 68.2 cm³/mol. The zero-order chi connectivity index (χ0) is 13.4. The van der Waals surface area contributed by atoms with Crippen LogP contribution in [0.5, 0.6) is 0 Å². The molecule has 0 aromatic heterocycles. The Morgan fingerprint density at radius 2 is 1.89 bits per heavy atom. The standard InChI is InChI=1S/C12H17N3O3/c1-9(16)7-13-11(17)8-14-12(18)15-10-5-3-2-4-6-10/h2-6,9,16H,7-8H2,1H3,(H,13,17)(H2,14,15,18)/t9-/m1/s1. The van der Waals surface area contributed by atoms with E-state index in [0.717, 1.165) is 0 Å². The molecule has 0 saturated heterocycles. The number of carbonyl (C=O) groups excluding carboxylic acids is 2. The van der Waals surface area contributed by atoms with E-state index in [4.69, 9.17) is 5.11 Å². The molecule has 1 aromatic rings. The van der Waals surface area contributed by atoms with E-state index in [1.807, 2.05) is 6.07 Å². The van der Waals surface area contributed by atoms with Crippen LogP contribution in [0, 0.1) is 0 Å². The Balaban J connectivity index is 2.23. The first-order valence-electron chi connectivity index (χ1n) is 5.62. The second-order valence-electron chi connectivity index (χ2n) is 3.83. The average molecular weight is 251 g/mol. The molecule has 0 fully saturated rings. The molecule has 4 N–H and O–H groups in total. The molecule has 6 nitrogen and oxygen atoms in total. The van der Waals surface area contributed by atoms with Crippen LogP contribution in [-0.2, 0) is 4.79 Å². The molecule has 0 spiro atoms. The molecule has 0 heterocycles. The smallest absolute Gasteiger partial charge is 0.319 e. The van der Waals surface area contributed by atoms with E-state index in [9.17, 15) is 9.59 Å². The van der Waals surface area contributed by atoms with Crippen LogP contribution in [0.25, 0.3) is 0 Å². The summed E-state index contributed by atoms with van der Waals surface area (Å²) < 4.78 is 0. The predicted octanol–water partition coefficient (Wildman–Crippen LogP) is 0.305. The van der Waals surface area contributed by atoms with Crippen LogP contribution in [0.3, 0.4) is 0 Å². The summed E-state index contributed by atoms with van der Waals surface area (Å²) in [7, 11) is 0. The van der Waals surface area contributed by atoms with Crippen LogP contribution in [0.2, 0.25) is 0 Å². The van der Waals surface area contributed by atoms with Gasteiger partial charge in [-0.1, -0.05) is 18.2 Å². The molecule has 0 aliphatic rings. The third kappa shape index (κ3) is 5.86. The quantitative estimate of drug-likeness (QED) is 0.607. The summed E-state index contributed by atoms with van der Waals surface area (Å²) in [5, 5.41) is 16.4. The van der Waals surface area contributed by atoms with E-state index in [-0.39, 0.29) is 19.0 Å². The number of carbonyl (C=O) groups is 2. The lowest BCUT2D eigenvalue weighted by Gasteiger charge is -2.09. The maximum Gasteiger partial charge on any atom is 0.319 e. The van der Waals surface area contributed by atoms with Crippen LogP contribution in [0.4, 0.5) is 10.5 Å². The fourth-order valence-corrected chi connectivity index (χ4v) is 1.18. The maximum atomic E-state index is 11.4. The minimum absolute atomic E-state index is 0.134. The number of benzene rings is 1. The van der Waals surface area contributed by atoms with Crippen molar-refractivity contribution in [3.63, 3.8) is 0 Å². The van der Waals surface area contributed by atoms with Crippen LogP contribution in [0.15, 0.2) is 30.3 Å². The Labute approximate surface area is 105 Å². The summed E-state index contributed by atoms with van der Waals surface area (Å²) in [6, 6.07) is 8.47. The number of aliphatic hydroxyl groups is 1. The number of urea groups is 1. The molecule has 1 atom stereocenters. The van der Waals surface area contributed by atoms with Gasteiger partial charge in [0.15, 0.2) is 0 Å². The molecule has 0 aliphatic heterocycles. The van der Waals surface area contributed by atoms with Gasteiger partial charge in [0.05, 0.1) is 12.6 Å². The van der Waals surface area contributed by atoms with Gasteiger partial charge in [-0.25, -0.2) is 4.79 Å². The first-order valence-corrected chi connectivity index (χ1v) is 5.62. The lowest BCUT2D eigenvalue weighted by Crippen LogP contribution is -2.40. The summed E-state index contributed by atoms with van der Waals surface area (Å²) >= 11 is 0. The second kappa shape index (κ2) is 7.29. The van der Waals surface area contributed by atoms with Gasteiger partial charge in [0.2, 0.25) is 5.91 Å². The number of hydrogen-bond acceptors (Lipinski definition) is 3. The first-order chi connectivity index (χ1) is 8.58. The molecule has 0 saturated carbocycles. The molecular weight excluding hydrogens is 234 g/mol. The normalized spacial score (nSPS) is 11.4. The Morgan fingerprint density at radius 3 is 2.50 bits per heavy atom. The highest BCUT2D eigenvalue weighted by Gasteiger charge is 2.05. The Morgan fingerprint density at radius 1 is 1.22 bits per heavy atom. The van der Waals surface area contributed by atoms with Gasteiger partial charge in [-0.2, -0.15) is 0 Å². The zero-order valence-corrected chi connectivity index (χ0v) is 10.1. The van der Waals surface area contributed by atoms with Gasteiger partial charge in [-0.3, -0.25) is 4.79 Å². The third-order valence-electron chi connectivity index (χ3n) is 2.04. The summed E-state index contributed by atoms with van der Waals surface area (Å²) in [5.74, 6) is -0.348. The van der Waals surface area contributed by atoms with E-state index in [0.29, 0.717) is 5.69 Å². The van der Waals surface area contributed by atoms with Crippen molar-refractivity contribution in [1.82, 2.24) is 10.6 Å². The van der Waals surface area contributed by atoms with Crippen molar-refractivity contribution < 1.29 is 14.7 Å². The lowest BCUT2D eigenvalue weighted by molar-refractivity contribution is -0.120. The van der Waals surface area contributed by atoms with Crippen LogP contribution >= 0.6 is 0 Å². The fourth-order valence-electron chi connectivity index (χ4n) is 1.18. The zero-order valence-electron chi connectivity index (χ0n) is 10.1. The molecule has 6 heteroatoms. The highest BCUT2D eigenvalue weighted by Crippen LogP contribution is 2.03. The van der Waals surface area contributed by atoms with Gasteiger partial charge in [0.1, 0.15) is 0 Å². The van der Waals surface area contributed by atoms with Crippen LogP contribution < -0.4 is 16.0 Å². The number of hydrogen-bond donors (Lipinski definition) is 4. The molecule has 0 unspecified atom stereocenters. The van der Waals surface area contributed by atoms with Crippen molar-refractivity contribution in [2.45, 2.75) is 13.0 Å². The largest absolute Gasteiger partial charge is 0.392 e. The van der Waals surface area contributed by atoms with Gasteiger partial charge < -0.3 is 21.1 Å². The number of aliphatic hydroxyl groups excluding tert-OH is 1. The van der Waals surface area contributed by atoms with E-state index in [1.165, 1.54) is 0 Å². The Bertz CT molecular complexity index is 393. The first kappa shape index (κ1) is 14.0. The summed E-state index contributed by atoms with van der Waals surface area (Å²) in [6.45, 7) is 1.60. The number of anilines is 1. The number of amides is 3. The van der Waals surface area contributed by atoms with Crippen molar-refractivity contribution >= 4 is 17.6 Å². The molecular formula is C12H17N3O3. The van der Waals surface area contributed by atoms with Crippen molar-refractivity contribution in [2.24, 2.45) is 0 Å². The minimum Gasteiger partial charge on any atom is -0.392 e. The Kier molecular flexibility index (Phi) is 5.66. The van der Waals surface area contributed by atoms with Gasteiger partial charge in [-0.05, 0) is 19.1 Å². The van der Waals surface area contributed by atoms with Gasteiger partial charge in [0.25, 0.3) is 0 Å². The average Bonchev–Trinajstić information content (AvgIpc) is 2.35. The minimum atomic E-state index is -0.605.